The minimum Gasteiger partial charge on any atom is -0.375 e. The van der Waals surface area contributed by atoms with Crippen LogP contribution in [0.2, 0.25) is 0 Å². The standard InChI is InChI=1S/C15H22N2O3/c1-11-9-14(10-12(2)20-11)16-8-7-13-3-5-15(6-4-13)17(18)19/h3-6,11-12,14,16H,7-10H2,1-2H3. The Morgan fingerprint density at radius 1 is 1.25 bits per heavy atom. The number of nitrogens with zero attached hydrogens (tertiary/aromatic N) is 1. The molecular weight excluding hydrogens is 256 g/mol. The summed E-state index contributed by atoms with van der Waals surface area (Å²) in [6.07, 6.45) is 3.61. The lowest BCUT2D eigenvalue weighted by Gasteiger charge is -2.32. The van der Waals surface area contributed by atoms with E-state index in [2.05, 4.69) is 19.2 Å². The zero-order valence-electron chi connectivity index (χ0n) is 12.0. The number of nitrogens with one attached hydrogen (secondary N) is 1. The van der Waals surface area contributed by atoms with Crippen LogP contribution >= 0.6 is 0 Å². The van der Waals surface area contributed by atoms with Gasteiger partial charge in [0.1, 0.15) is 0 Å². The van der Waals surface area contributed by atoms with Crippen LogP contribution in [0.5, 0.6) is 0 Å². The Labute approximate surface area is 119 Å². The second-order valence-electron chi connectivity index (χ2n) is 5.55. The van der Waals surface area contributed by atoms with Gasteiger partial charge in [-0.3, -0.25) is 10.1 Å². The largest absolute Gasteiger partial charge is 0.375 e. The van der Waals surface area contributed by atoms with Crippen LogP contribution in [0.15, 0.2) is 24.3 Å². The van der Waals surface area contributed by atoms with Gasteiger partial charge in [-0.25, -0.2) is 0 Å². The Morgan fingerprint density at radius 3 is 2.40 bits per heavy atom. The highest BCUT2D eigenvalue weighted by Gasteiger charge is 2.23. The highest BCUT2D eigenvalue weighted by atomic mass is 16.6. The summed E-state index contributed by atoms with van der Waals surface area (Å²) in [5.41, 5.74) is 1.27. The Bertz CT molecular complexity index is 437. The lowest BCUT2D eigenvalue weighted by molar-refractivity contribution is -0.384. The first-order chi connectivity index (χ1) is 9.54. The van der Waals surface area contributed by atoms with Crippen molar-refractivity contribution in [2.45, 2.75) is 51.4 Å². The molecule has 1 fully saturated rings. The maximum Gasteiger partial charge on any atom is 0.269 e. The van der Waals surface area contributed by atoms with Gasteiger partial charge < -0.3 is 10.1 Å². The van der Waals surface area contributed by atoms with Crippen molar-refractivity contribution in [1.29, 1.82) is 0 Å². The number of hydrogen-bond acceptors (Lipinski definition) is 4. The Hall–Kier alpha value is -1.46. The number of ether oxygens (including phenoxy) is 1. The number of nitro groups is 1. The van der Waals surface area contributed by atoms with Crippen LogP contribution in [0.1, 0.15) is 32.3 Å². The summed E-state index contributed by atoms with van der Waals surface area (Å²) in [7, 11) is 0. The monoisotopic (exact) mass is 278 g/mol. The van der Waals surface area contributed by atoms with Crippen molar-refractivity contribution in [3.05, 3.63) is 39.9 Å². The van der Waals surface area contributed by atoms with Crippen molar-refractivity contribution in [3.8, 4) is 0 Å². The van der Waals surface area contributed by atoms with Crippen LogP contribution in [0.25, 0.3) is 0 Å². The second-order valence-corrected chi connectivity index (χ2v) is 5.55. The minimum absolute atomic E-state index is 0.147. The lowest BCUT2D eigenvalue weighted by Crippen LogP contribution is -2.41. The zero-order valence-corrected chi connectivity index (χ0v) is 12.0. The van der Waals surface area contributed by atoms with E-state index in [1.54, 1.807) is 12.1 Å². The molecular formula is C15H22N2O3. The molecule has 1 aliphatic heterocycles. The maximum absolute atomic E-state index is 10.6. The molecule has 2 atom stereocenters. The first-order valence-electron chi connectivity index (χ1n) is 7.17. The van der Waals surface area contributed by atoms with Gasteiger partial charge in [0.05, 0.1) is 17.1 Å². The molecule has 110 valence electrons. The normalized spacial score (nSPS) is 26.4. The fraction of sp³-hybridized carbons (Fsp3) is 0.600. The van der Waals surface area contributed by atoms with Crippen molar-refractivity contribution < 1.29 is 9.66 Å². The van der Waals surface area contributed by atoms with E-state index in [1.165, 1.54) is 0 Å². The molecule has 1 aliphatic rings. The number of nitro benzene ring substituents is 1. The van der Waals surface area contributed by atoms with Crippen molar-refractivity contribution in [3.63, 3.8) is 0 Å². The molecule has 5 nitrogen and oxygen atoms in total. The van der Waals surface area contributed by atoms with Crippen LogP contribution in [0.4, 0.5) is 5.69 Å². The minimum atomic E-state index is -0.368. The molecule has 0 aliphatic carbocycles. The van der Waals surface area contributed by atoms with Crippen LogP contribution in [0.3, 0.4) is 0 Å². The summed E-state index contributed by atoms with van der Waals surface area (Å²) in [6, 6.07) is 7.29. The van der Waals surface area contributed by atoms with Crippen molar-refractivity contribution >= 4 is 5.69 Å². The van der Waals surface area contributed by atoms with Gasteiger partial charge in [0.2, 0.25) is 0 Å². The van der Waals surface area contributed by atoms with Crippen LogP contribution in [0, 0.1) is 10.1 Å². The van der Waals surface area contributed by atoms with Crippen LogP contribution in [-0.4, -0.2) is 29.7 Å². The van der Waals surface area contributed by atoms with Crippen molar-refractivity contribution in [1.82, 2.24) is 5.32 Å². The SMILES string of the molecule is CC1CC(NCCc2ccc([N+](=O)[O-])cc2)CC(C)O1. The van der Waals surface area contributed by atoms with E-state index in [0.717, 1.165) is 31.4 Å². The van der Waals surface area contributed by atoms with Gasteiger partial charge >= 0.3 is 0 Å². The topological polar surface area (TPSA) is 64.4 Å². The summed E-state index contributed by atoms with van der Waals surface area (Å²) >= 11 is 0. The molecule has 0 spiro atoms. The molecule has 20 heavy (non-hydrogen) atoms. The highest BCUT2D eigenvalue weighted by molar-refractivity contribution is 5.32. The van der Waals surface area contributed by atoms with Gasteiger partial charge in [-0.05, 0) is 45.2 Å². The summed E-state index contributed by atoms with van der Waals surface area (Å²) in [6.45, 7) is 5.11. The molecule has 2 unspecified atom stereocenters. The molecule has 0 saturated carbocycles. The first-order valence-corrected chi connectivity index (χ1v) is 7.17. The number of hydrogen-bond donors (Lipinski definition) is 1. The van der Waals surface area contributed by atoms with Crippen molar-refractivity contribution in [2.24, 2.45) is 0 Å². The molecule has 0 bridgehead atoms. The summed E-state index contributed by atoms with van der Waals surface area (Å²) in [4.78, 5) is 10.2. The summed E-state index contributed by atoms with van der Waals surface area (Å²) in [5.74, 6) is 0. The first kappa shape index (κ1) is 14.9. The van der Waals surface area contributed by atoms with Gasteiger partial charge in [0.25, 0.3) is 5.69 Å². The number of benzene rings is 1. The fourth-order valence-electron chi connectivity index (χ4n) is 2.78. The van der Waals surface area contributed by atoms with Gasteiger partial charge in [-0.1, -0.05) is 12.1 Å². The van der Waals surface area contributed by atoms with Gasteiger partial charge in [-0.2, -0.15) is 0 Å². The smallest absolute Gasteiger partial charge is 0.269 e. The van der Waals surface area contributed by atoms with E-state index in [9.17, 15) is 10.1 Å². The van der Waals surface area contributed by atoms with E-state index in [1.807, 2.05) is 12.1 Å². The molecule has 0 amide bonds. The molecule has 1 aromatic rings. The molecule has 1 aromatic carbocycles. The average molecular weight is 278 g/mol. The number of rotatable bonds is 5. The third-order valence-corrected chi connectivity index (χ3v) is 3.69. The van der Waals surface area contributed by atoms with Gasteiger partial charge in [0.15, 0.2) is 0 Å². The second kappa shape index (κ2) is 6.81. The van der Waals surface area contributed by atoms with E-state index in [4.69, 9.17) is 4.74 Å². The maximum atomic E-state index is 10.6. The molecule has 0 aromatic heterocycles. The van der Waals surface area contributed by atoms with E-state index in [-0.39, 0.29) is 10.6 Å². The Kier molecular flexibility index (Phi) is 5.09. The quantitative estimate of drug-likeness (QED) is 0.664. The number of non-ortho nitro benzene ring substituents is 1. The Balaban J connectivity index is 1.76. The van der Waals surface area contributed by atoms with E-state index in [0.29, 0.717) is 18.2 Å². The Morgan fingerprint density at radius 2 is 1.85 bits per heavy atom. The molecule has 1 saturated heterocycles. The van der Waals surface area contributed by atoms with Crippen LogP contribution < -0.4 is 5.32 Å². The molecule has 1 N–H and O–H groups in total. The van der Waals surface area contributed by atoms with Gasteiger partial charge in [-0.15, -0.1) is 0 Å². The highest BCUT2D eigenvalue weighted by Crippen LogP contribution is 2.19. The van der Waals surface area contributed by atoms with Gasteiger partial charge in [0, 0.05) is 18.2 Å². The molecule has 0 radical (unpaired) electrons. The van der Waals surface area contributed by atoms with E-state index < -0.39 is 0 Å². The fourth-order valence-corrected chi connectivity index (χ4v) is 2.78. The summed E-state index contributed by atoms with van der Waals surface area (Å²) in [5, 5.41) is 14.1. The molecule has 5 heteroatoms. The van der Waals surface area contributed by atoms with Crippen LogP contribution in [-0.2, 0) is 11.2 Å². The molecule has 1 heterocycles. The third-order valence-electron chi connectivity index (χ3n) is 3.69. The molecule has 2 rings (SSSR count). The predicted molar refractivity (Wildman–Crippen MR) is 77.8 cm³/mol. The summed E-state index contributed by atoms with van der Waals surface area (Å²) < 4.78 is 5.71. The predicted octanol–water partition coefficient (Wildman–Crippen LogP) is 2.68. The van der Waals surface area contributed by atoms with Crippen molar-refractivity contribution in [2.75, 3.05) is 6.54 Å². The lowest BCUT2D eigenvalue weighted by atomic mass is 9.99. The zero-order chi connectivity index (χ0) is 14.5. The third kappa shape index (κ3) is 4.28. The van der Waals surface area contributed by atoms with E-state index >= 15 is 0 Å². The average Bonchev–Trinajstić information content (AvgIpc) is 2.38.